The molecule has 1 aromatic rings. The molecule has 1 aromatic heterocycles. The molecule has 0 spiro atoms. The van der Waals surface area contributed by atoms with E-state index in [-0.39, 0.29) is 5.41 Å². The first-order valence-electron chi connectivity index (χ1n) is 5.86. The van der Waals surface area contributed by atoms with Crippen molar-refractivity contribution in [3.05, 3.63) is 24.0 Å². The number of alkyl halides is 1. The Morgan fingerprint density at radius 1 is 1.56 bits per heavy atom. The topological polar surface area (TPSA) is 22.1 Å². The second kappa shape index (κ2) is 4.74. The van der Waals surface area contributed by atoms with Gasteiger partial charge in [0.05, 0.1) is 12.8 Å². The molecule has 1 aliphatic carbocycles. The lowest BCUT2D eigenvalue weighted by Crippen LogP contribution is -2.18. The molecule has 0 radical (unpaired) electrons. The summed E-state index contributed by atoms with van der Waals surface area (Å²) in [4.78, 5) is 4.92. The van der Waals surface area contributed by atoms with E-state index in [2.05, 4.69) is 33.9 Å². The highest BCUT2D eigenvalue weighted by Gasteiger charge is 2.35. The van der Waals surface area contributed by atoms with Crippen LogP contribution in [-0.4, -0.2) is 16.4 Å². The molecule has 2 unspecified atom stereocenters. The third-order valence-electron chi connectivity index (χ3n) is 3.40. The molecule has 0 saturated heterocycles. The van der Waals surface area contributed by atoms with Crippen LogP contribution in [-0.2, 0) is 5.41 Å². The van der Waals surface area contributed by atoms with Gasteiger partial charge in [0.2, 0.25) is 0 Å². The van der Waals surface area contributed by atoms with E-state index in [1.807, 2.05) is 13.1 Å². The van der Waals surface area contributed by atoms with Crippen LogP contribution in [0.15, 0.2) is 18.5 Å². The minimum absolute atomic E-state index is 0.258. The first kappa shape index (κ1) is 11.9. The maximum absolute atomic E-state index is 5.50. The molecule has 16 heavy (non-hydrogen) atoms. The van der Waals surface area contributed by atoms with Gasteiger partial charge in [-0.2, -0.15) is 0 Å². The summed E-state index contributed by atoms with van der Waals surface area (Å²) in [7, 11) is 0. The molecule has 0 bridgehead atoms. The van der Waals surface area contributed by atoms with Crippen LogP contribution in [0.2, 0.25) is 0 Å². The van der Waals surface area contributed by atoms with Gasteiger partial charge in [0.25, 0.3) is 0 Å². The summed E-state index contributed by atoms with van der Waals surface area (Å²) < 4.78 is 5.50. The van der Waals surface area contributed by atoms with Gasteiger partial charge >= 0.3 is 0 Å². The quantitative estimate of drug-likeness (QED) is 0.790. The van der Waals surface area contributed by atoms with E-state index < -0.39 is 0 Å². The van der Waals surface area contributed by atoms with Gasteiger partial charge in [-0.25, -0.2) is 0 Å². The Morgan fingerprint density at radius 2 is 2.38 bits per heavy atom. The number of nitrogens with zero attached hydrogens (tertiary/aromatic N) is 1. The fourth-order valence-corrected chi connectivity index (χ4v) is 3.37. The normalized spacial score (nSPS) is 29.3. The average Bonchev–Trinajstić information content (AvgIpc) is 2.61. The lowest BCUT2D eigenvalue weighted by molar-refractivity contribution is 0.337. The minimum Gasteiger partial charge on any atom is -0.492 e. The van der Waals surface area contributed by atoms with Crippen molar-refractivity contribution in [2.45, 2.75) is 43.4 Å². The average molecular weight is 284 g/mol. The van der Waals surface area contributed by atoms with Crippen molar-refractivity contribution in [2.24, 2.45) is 0 Å². The van der Waals surface area contributed by atoms with E-state index in [4.69, 9.17) is 4.74 Å². The molecule has 1 fully saturated rings. The molecule has 0 amide bonds. The van der Waals surface area contributed by atoms with Crippen molar-refractivity contribution in [3.8, 4) is 5.75 Å². The number of aromatic nitrogens is 1. The van der Waals surface area contributed by atoms with Gasteiger partial charge in [0, 0.05) is 11.0 Å². The summed E-state index contributed by atoms with van der Waals surface area (Å²) in [5, 5.41) is 0. The molecular formula is C13H18BrNO. The standard InChI is InChI=1S/C13H18BrNO/c1-3-16-12-6-10(8-15-9-12)13(2)5-4-11(14)7-13/h6,8-9,11H,3-5,7H2,1-2H3. The van der Waals surface area contributed by atoms with Crippen LogP contribution in [0.1, 0.15) is 38.7 Å². The summed E-state index contributed by atoms with van der Waals surface area (Å²) in [5.41, 5.74) is 1.56. The van der Waals surface area contributed by atoms with Gasteiger partial charge in [-0.15, -0.1) is 0 Å². The fraction of sp³-hybridized carbons (Fsp3) is 0.615. The first-order chi connectivity index (χ1) is 7.64. The van der Waals surface area contributed by atoms with E-state index in [0.717, 1.165) is 5.75 Å². The molecule has 1 saturated carbocycles. The summed E-state index contributed by atoms with van der Waals surface area (Å²) in [6, 6.07) is 2.14. The third-order valence-corrected chi connectivity index (χ3v) is 4.18. The molecule has 0 N–H and O–H groups in total. The van der Waals surface area contributed by atoms with Crippen LogP contribution in [0.5, 0.6) is 5.75 Å². The zero-order valence-electron chi connectivity index (χ0n) is 9.87. The number of hydrogen-bond donors (Lipinski definition) is 0. The van der Waals surface area contributed by atoms with E-state index in [9.17, 15) is 0 Å². The Hall–Kier alpha value is -0.570. The van der Waals surface area contributed by atoms with Crippen LogP contribution < -0.4 is 4.74 Å². The van der Waals surface area contributed by atoms with Crippen LogP contribution in [0.25, 0.3) is 0 Å². The van der Waals surface area contributed by atoms with Crippen molar-refractivity contribution in [1.29, 1.82) is 0 Å². The summed E-state index contributed by atoms with van der Waals surface area (Å²) in [6.07, 6.45) is 7.42. The lowest BCUT2D eigenvalue weighted by atomic mass is 9.82. The monoisotopic (exact) mass is 283 g/mol. The second-order valence-corrected chi connectivity index (χ2v) is 6.04. The summed E-state index contributed by atoms with van der Waals surface area (Å²) >= 11 is 3.71. The van der Waals surface area contributed by atoms with Gasteiger partial charge in [-0.05, 0) is 43.2 Å². The predicted octanol–water partition coefficient (Wildman–Crippen LogP) is 3.69. The fourth-order valence-electron chi connectivity index (χ4n) is 2.42. The summed E-state index contributed by atoms with van der Waals surface area (Å²) in [5.74, 6) is 0.888. The molecule has 1 aliphatic rings. The van der Waals surface area contributed by atoms with E-state index in [1.165, 1.54) is 24.8 Å². The largest absolute Gasteiger partial charge is 0.492 e. The molecule has 1 heterocycles. The van der Waals surface area contributed by atoms with Crippen LogP contribution in [0, 0.1) is 0 Å². The van der Waals surface area contributed by atoms with Gasteiger partial charge in [-0.3, -0.25) is 4.98 Å². The first-order valence-corrected chi connectivity index (χ1v) is 6.78. The highest BCUT2D eigenvalue weighted by molar-refractivity contribution is 9.09. The molecular weight excluding hydrogens is 266 g/mol. The molecule has 3 heteroatoms. The molecule has 0 aliphatic heterocycles. The van der Waals surface area contributed by atoms with Crippen LogP contribution in [0.3, 0.4) is 0 Å². The molecule has 2 rings (SSSR count). The van der Waals surface area contributed by atoms with Gasteiger partial charge in [-0.1, -0.05) is 22.9 Å². The summed E-state index contributed by atoms with van der Waals surface area (Å²) in [6.45, 7) is 5.02. The molecule has 88 valence electrons. The zero-order chi connectivity index (χ0) is 11.6. The van der Waals surface area contributed by atoms with Gasteiger partial charge in [0.15, 0.2) is 0 Å². The third kappa shape index (κ3) is 2.40. The highest BCUT2D eigenvalue weighted by Crippen LogP contribution is 2.43. The van der Waals surface area contributed by atoms with Crippen LogP contribution in [0.4, 0.5) is 0 Å². The number of hydrogen-bond acceptors (Lipinski definition) is 2. The number of ether oxygens (including phenoxy) is 1. The Balaban J connectivity index is 2.22. The Labute approximate surface area is 106 Å². The maximum atomic E-state index is 5.50. The lowest BCUT2D eigenvalue weighted by Gasteiger charge is -2.24. The van der Waals surface area contributed by atoms with Crippen molar-refractivity contribution in [2.75, 3.05) is 6.61 Å². The maximum Gasteiger partial charge on any atom is 0.137 e. The van der Waals surface area contributed by atoms with Crippen molar-refractivity contribution in [3.63, 3.8) is 0 Å². The minimum atomic E-state index is 0.258. The van der Waals surface area contributed by atoms with Crippen molar-refractivity contribution >= 4 is 15.9 Å². The molecule has 2 nitrogen and oxygen atoms in total. The van der Waals surface area contributed by atoms with Crippen LogP contribution >= 0.6 is 15.9 Å². The smallest absolute Gasteiger partial charge is 0.137 e. The number of pyridine rings is 1. The number of rotatable bonds is 3. The van der Waals surface area contributed by atoms with E-state index >= 15 is 0 Å². The number of halogens is 1. The van der Waals surface area contributed by atoms with Gasteiger partial charge in [0.1, 0.15) is 5.75 Å². The SMILES string of the molecule is CCOc1cncc(C2(C)CCC(Br)C2)c1. The van der Waals surface area contributed by atoms with Crippen molar-refractivity contribution in [1.82, 2.24) is 4.98 Å². The second-order valence-electron chi connectivity index (χ2n) is 4.74. The van der Waals surface area contributed by atoms with Crippen molar-refractivity contribution < 1.29 is 4.74 Å². The van der Waals surface area contributed by atoms with E-state index in [1.54, 1.807) is 6.20 Å². The molecule has 0 aromatic carbocycles. The zero-order valence-corrected chi connectivity index (χ0v) is 11.5. The Bertz CT molecular complexity index is 369. The van der Waals surface area contributed by atoms with Gasteiger partial charge < -0.3 is 4.74 Å². The molecule has 2 atom stereocenters. The van der Waals surface area contributed by atoms with E-state index in [0.29, 0.717) is 11.4 Å². The Kier molecular flexibility index (Phi) is 3.53. The predicted molar refractivity (Wildman–Crippen MR) is 69.3 cm³/mol. The Morgan fingerprint density at radius 3 is 3.00 bits per heavy atom. The highest BCUT2D eigenvalue weighted by atomic mass is 79.9.